The molecular weight excluding hydrogens is 320 g/mol. The maximum atomic E-state index is 12.6. The Morgan fingerprint density at radius 3 is 2.36 bits per heavy atom. The van der Waals surface area contributed by atoms with E-state index in [1.807, 2.05) is 6.07 Å². The van der Waals surface area contributed by atoms with Crippen LogP contribution in [0, 0.1) is 0 Å². The summed E-state index contributed by atoms with van der Waals surface area (Å²) >= 11 is 0. The minimum Gasteiger partial charge on any atom is -0.466 e. The van der Waals surface area contributed by atoms with Crippen LogP contribution < -0.4 is 10.6 Å². The quantitative estimate of drug-likeness (QED) is 0.599. The van der Waals surface area contributed by atoms with E-state index in [4.69, 9.17) is 4.74 Å². The van der Waals surface area contributed by atoms with Crippen molar-refractivity contribution in [2.45, 2.75) is 13.3 Å². The Morgan fingerprint density at radius 1 is 0.960 bits per heavy atom. The molecule has 0 heterocycles. The Bertz CT molecular complexity index is 744. The van der Waals surface area contributed by atoms with E-state index in [2.05, 4.69) is 10.6 Å². The van der Waals surface area contributed by atoms with Crippen molar-refractivity contribution in [3.63, 3.8) is 0 Å². The number of esters is 1. The number of para-hydroxylation sites is 1. The number of carbonyl (C=O) groups excluding carboxylic acids is 3. The molecule has 6 nitrogen and oxygen atoms in total. The number of benzene rings is 2. The number of ether oxygens (including phenoxy) is 1. The highest BCUT2D eigenvalue weighted by Crippen LogP contribution is 2.19. The molecule has 0 saturated heterocycles. The number of carbonyl (C=O) groups is 3. The van der Waals surface area contributed by atoms with Gasteiger partial charge in [0, 0.05) is 17.7 Å². The van der Waals surface area contributed by atoms with Gasteiger partial charge in [-0.2, -0.15) is 0 Å². The number of anilines is 1. The molecule has 0 spiro atoms. The lowest BCUT2D eigenvalue weighted by atomic mass is 10.0. The van der Waals surface area contributed by atoms with Gasteiger partial charge in [0.25, 0.3) is 0 Å². The molecule has 0 aliphatic rings. The number of rotatable bonds is 7. The second-order valence-corrected chi connectivity index (χ2v) is 5.18. The normalized spacial score (nSPS) is 9.96. The van der Waals surface area contributed by atoms with Crippen LogP contribution in [0.25, 0.3) is 0 Å². The molecule has 0 fully saturated rings. The highest BCUT2D eigenvalue weighted by Gasteiger charge is 2.14. The first-order valence-corrected chi connectivity index (χ1v) is 8.01. The summed E-state index contributed by atoms with van der Waals surface area (Å²) in [5.74, 6) is -0.550. The lowest BCUT2D eigenvalue weighted by molar-refractivity contribution is -0.142. The summed E-state index contributed by atoms with van der Waals surface area (Å²) < 4.78 is 4.79. The summed E-state index contributed by atoms with van der Waals surface area (Å²) in [6, 6.07) is 15.1. The first-order chi connectivity index (χ1) is 12.1. The minimum atomic E-state index is -0.488. The monoisotopic (exact) mass is 340 g/mol. The lowest BCUT2D eigenvalue weighted by Gasteiger charge is -2.11. The Kier molecular flexibility index (Phi) is 6.71. The molecule has 2 aromatic rings. The topological polar surface area (TPSA) is 84.5 Å². The zero-order valence-corrected chi connectivity index (χ0v) is 14.0. The van der Waals surface area contributed by atoms with E-state index in [1.165, 1.54) is 0 Å². The van der Waals surface area contributed by atoms with Crippen molar-refractivity contribution in [3.8, 4) is 0 Å². The molecule has 0 radical (unpaired) electrons. The van der Waals surface area contributed by atoms with Crippen LogP contribution in [-0.2, 0) is 9.53 Å². The molecule has 25 heavy (non-hydrogen) atoms. The third-order valence-electron chi connectivity index (χ3n) is 3.38. The van der Waals surface area contributed by atoms with Crippen molar-refractivity contribution in [1.82, 2.24) is 5.32 Å². The van der Waals surface area contributed by atoms with Crippen LogP contribution in [0.1, 0.15) is 29.3 Å². The van der Waals surface area contributed by atoms with Gasteiger partial charge in [0.05, 0.1) is 18.7 Å². The van der Waals surface area contributed by atoms with Gasteiger partial charge >= 0.3 is 12.0 Å². The first-order valence-electron chi connectivity index (χ1n) is 8.01. The van der Waals surface area contributed by atoms with E-state index < -0.39 is 6.03 Å². The number of ketones is 1. The van der Waals surface area contributed by atoms with Gasteiger partial charge in [-0.25, -0.2) is 4.79 Å². The molecule has 0 aromatic heterocycles. The molecule has 2 rings (SSSR count). The van der Waals surface area contributed by atoms with E-state index in [0.29, 0.717) is 23.4 Å². The van der Waals surface area contributed by atoms with E-state index in [-0.39, 0.29) is 24.7 Å². The lowest BCUT2D eigenvalue weighted by Crippen LogP contribution is -2.31. The van der Waals surface area contributed by atoms with Crippen molar-refractivity contribution < 1.29 is 19.1 Å². The van der Waals surface area contributed by atoms with Gasteiger partial charge in [-0.05, 0) is 19.1 Å². The third-order valence-corrected chi connectivity index (χ3v) is 3.38. The molecule has 2 amide bonds. The van der Waals surface area contributed by atoms with E-state index >= 15 is 0 Å². The van der Waals surface area contributed by atoms with E-state index in [9.17, 15) is 14.4 Å². The van der Waals surface area contributed by atoms with Gasteiger partial charge < -0.3 is 15.4 Å². The second-order valence-electron chi connectivity index (χ2n) is 5.18. The summed E-state index contributed by atoms with van der Waals surface area (Å²) in [5, 5.41) is 5.21. The summed E-state index contributed by atoms with van der Waals surface area (Å²) in [5.41, 5.74) is 1.35. The third kappa shape index (κ3) is 5.46. The van der Waals surface area contributed by atoms with Crippen LogP contribution in [0.5, 0.6) is 0 Å². The number of amides is 2. The highest BCUT2D eigenvalue weighted by molar-refractivity contribution is 6.13. The Balaban J connectivity index is 2.00. The standard InChI is InChI=1S/C19H20N2O4/c1-2-25-17(22)12-13-20-19(24)21-16-11-7-6-10-15(16)18(23)14-8-4-3-5-9-14/h3-11H,2,12-13H2,1H3,(H2,20,21,24). The van der Waals surface area contributed by atoms with Gasteiger partial charge in [-0.15, -0.1) is 0 Å². The van der Waals surface area contributed by atoms with Crippen LogP contribution in [0.15, 0.2) is 54.6 Å². The van der Waals surface area contributed by atoms with E-state index in [0.717, 1.165) is 0 Å². The smallest absolute Gasteiger partial charge is 0.319 e. The van der Waals surface area contributed by atoms with Gasteiger partial charge in [-0.1, -0.05) is 42.5 Å². The predicted octanol–water partition coefficient (Wildman–Crippen LogP) is 2.99. The number of hydrogen-bond acceptors (Lipinski definition) is 4. The number of hydrogen-bond donors (Lipinski definition) is 2. The van der Waals surface area contributed by atoms with Crippen molar-refractivity contribution >= 4 is 23.5 Å². The molecule has 6 heteroatoms. The van der Waals surface area contributed by atoms with Crippen LogP contribution in [-0.4, -0.2) is 30.9 Å². The molecule has 0 atom stereocenters. The van der Waals surface area contributed by atoms with Gasteiger partial charge in [-0.3, -0.25) is 9.59 Å². The maximum Gasteiger partial charge on any atom is 0.319 e. The average molecular weight is 340 g/mol. The van der Waals surface area contributed by atoms with Gasteiger partial charge in [0.2, 0.25) is 0 Å². The number of nitrogens with one attached hydrogen (secondary N) is 2. The molecule has 0 saturated carbocycles. The SMILES string of the molecule is CCOC(=O)CCNC(=O)Nc1ccccc1C(=O)c1ccccc1. The van der Waals surface area contributed by atoms with Crippen LogP contribution in [0.4, 0.5) is 10.5 Å². The van der Waals surface area contributed by atoms with Crippen molar-refractivity contribution in [2.24, 2.45) is 0 Å². The predicted molar refractivity (Wildman–Crippen MR) is 94.6 cm³/mol. The zero-order valence-electron chi connectivity index (χ0n) is 14.0. The fourth-order valence-electron chi connectivity index (χ4n) is 2.21. The molecular formula is C19H20N2O4. The summed E-state index contributed by atoms with van der Waals surface area (Å²) in [7, 11) is 0. The number of urea groups is 1. The van der Waals surface area contributed by atoms with Crippen molar-refractivity contribution in [1.29, 1.82) is 0 Å². The first kappa shape index (κ1) is 18.2. The second kappa shape index (κ2) is 9.22. The largest absolute Gasteiger partial charge is 0.466 e. The molecule has 0 aliphatic carbocycles. The maximum absolute atomic E-state index is 12.6. The summed E-state index contributed by atoms with van der Waals surface area (Å²) in [6.45, 7) is 2.18. The molecule has 2 N–H and O–H groups in total. The fourth-order valence-corrected chi connectivity index (χ4v) is 2.21. The van der Waals surface area contributed by atoms with Crippen LogP contribution in [0.3, 0.4) is 0 Å². The summed E-state index contributed by atoms with van der Waals surface area (Å²) in [4.78, 5) is 35.8. The zero-order chi connectivity index (χ0) is 18.1. The Labute approximate surface area is 146 Å². The molecule has 0 aliphatic heterocycles. The molecule has 2 aromatic carbocycles. The van der Waals surface area contributed by atoms with Gasteiger partial charge in [0.15, 0.2) is 5.78 Å². The molecule has 0 unspecified atom stereocenters. The Morgan fingerprint density at radius 2 is 1.64 bits per heavy atom. The average Bonchev–Trinajstić information content (AvgIpc) is 2.62. The van der Waals surface area contributed by atoms with Crippen molar-refractivity contribution in [2.75, 3.05) is 18.5 Å². The van der Waals surface area contributed by atoms with Gasteiger partial charge in [0.1, 0.15) is 0 Å². The van der Waals surface area contributed by atoms with E-state index in [1.54, 1.807) is 55.5 Å². The molecule has 0 bridgehead atoms. The Hall–Kier alpha value is -3.15. The highest BCUT2D eigenvalue weighted by atomic mass is 16.5. The van der Waals surface area contributed by atoms with Crippen LogP contribution >= 0.6 is 0 Å². The minimum absolute atomic E-state index is 0.0891. The summed E-state index contributed by atoms with van der Waals surface area (Å²) in [6.07, 6.45) is 0.0891. The van der Waals surface area contributed by atoms with Crippen molar-refractivity contribution in [3.05, 3.63) is 65.7 Å². The molecule has 130 valence electrons. The fraction of sp³-hybridized carbons (Fsp3) is 0.211. The van der Waals surface area contributed by atoms with Crippen LogP contribution in [0.2, 0.25) is 0 Å².